The molecule has 0 fully saturated rings. The zero-order chi connectivity index (χ0) is 13.8. The maximum Gasteiger partial charge on any atom is 0.418 e. The van der Waals surface area contributed by atoms with Gasteiger partial charge in [-0.05, 0) is 24.6 Å². The lowest BCUT2D eigenvalue weighted by atomic mass is 10.1. The van der Waals surface area contributed by atoms with Gasteiger partial charge in [-0.1, -0.05) is 19.1 Å². The smallest absolute Gasteiger partial charge is 0.330 e. The van der Waals surface area contributed by atoms with E-state index in [9.17, 15) is 18.0 Å². The molecule has 3 N–H and O–H groups in total. The summed E-state index contributed by atoms with van der Waals surface area (Å²) in [5.74, 6) is -0.535. The van der Waals surface area contributed by atoms with Crippen LogP contribution >= 0.6 is 0 Å². The Morgan fingerprint density at radius 1 is 1.39 bits per heavy atom. The predicted octanol–water partition coefficient (Wildman–Crippen LogP) is 2.63. The molecule has 0 aliphatic rings. The summed E-state index contributed by atoms with van der Waals surface area (Å²) < 4.78 is 38.0. The standard InChI is InChI=1S/C12H15F3N2O/c1-8(7-16)6-11(18)17-10-5-3-2-4-9(10)12(13,14)15/h2-5,8H,6-7,16H2,1H3,(H,17,18). The van der Waals surface area contributed by atoms with Crippen LogP contribution in [0.25, 0.3) is 0 Å². The maximum atomic E-state index is 12.7. The first-order valence-electron chi connectivity index (χ1n) is 5.50. The third-order valence-corrected chi connectivity index (χ3v) is 2.44. The van der Waals surface area contributed by atoms with Crippen molar-refractivity contribution in [3.63, 3.8) is 0 Å². The van der Waals surface area contributed by atoms with Gasteiger partial charge in [-0.25, -0.2) is 0 Å². The third kappa shape index (κ3) is 4.03. The van der Waals surface area contributed by atoms with Gasteiger partial charge in [0.1, 0.15) is 0 Å². The highest BCUT2D eigenvalue weighted by atomic mass is 19.4. The second kappa shape index (κ2) is 5.86. The van der Waals surface area contributed by atoms with Gasteiger partial charge in [-0.2, -0.15) is 13.2 Å². The first-order chi connectivity index (χ1) is 8.34. The van der Waals surface area contributed by atoms with Gasteiger partial charge in [-0.3, -0.25) is 4.79 Å². The van der Waals surface area contributed by atoms with E-state index >= 15 is 0 Å². The van der Waals surface area contributed by atoms with Crippen LogP contribution in [-0.2, 0) is 11.0 Å². The van der Waals surface area contributed by atoms with E-state index < -0.39 is 17.6 Å². The molecule has 0 aliphatic heterocycles. The fraction of sp³-hybridized carbons (Fsp3) is 0.417. The molecule has 0 saturated carbocycles. The zero-order valence-corrected chi connectivity index (χ0v) is 9.92. The number of halogens is 3. The quantitative estimate of drug-likeness (QED) is 0.874. The molecule has 6 heteroatoms. The molecule has 0 radical (unpaired) electrons. The van der Waals surface area contributed by atoms with Gasteiger partial charge in [0.25, 0.3) is 0 Å². The topological polar surface area (TPSA) is 55.1 Å². The van der Waals surface area contributed by atoms with Gasteiger partial charge in [-0.15, -0.1) is 0 Å². The van der Waals surface area contributed by atoms with Crippen molar-refractivity contribution in [2.24, 2.45) is 11.7 Å². The molecule has 1 aromatic carbocycles. The van der Waals surface area contributed by atoms with E-state index in [0.717, 1.165) is 6.07 Å². The van der Waals surface area contributed by atoms with E-state index in [4.69, 9.17) is 5.73 Å². The largest absolute Gasteiger partial charge is 0.418 e. The van der Waals surface area contributed by atoms with E-state index in [1.807, 2.05) is 0 Å². The molecule has 100 valence electrons. The van der Waals surface area contributed by atoms with Gasteiger partial charge < -0.3 is 11.1 Å². The van der Waals surface area contributed by atoms with Gasteiger partial charge in [0, 0.05) is 6.42 Å². The Bertz CT molecular complexity index is 418. The first-order valence-corrected chi connectivity index (χ1v) is 5.50. The zero-order valence-electron chi connectivity index (χ0n) is 9.92. The van der Waals surface area contributed by atoms with Crippen LogP contribution in [0.2, 0.25) is 0 Å². The molecule has 1 amide bonds. The molecule has 0 heterocycles. The molecule has 3 nitrogen and oxygen atoms in total. The SMILES string of the molecule is CC(CN)CC(=O)Nc1ccccc1C(F)(F)F. The summed E-state index contributed by atoms with van der Waals surface area (Å²) in [6.45, 7) is 2.07. The number of rotatable bonds is 4. The van der Waals surface area contributed by atoms with E-state index in [1.54, 1.807) is 6.92 Å². The minimum atomic E-state index is -4.48. The Balaban J connectivity index is 2.82. The van der Waals surface area contributed by atoms with Crippen molar-refractivity contribution in [1.29, 1.82) is 0 Å². The summed E-state index contributed by atoms with van der Waals surface area (Å²) in [5, 5.41) is 2.27. The summed E-state index contributed by atoms with van der Waals surface area (Å²) in [4.78, 5) is 11.5. The Morgan fingerprint density at radius 2 is 2.00 bits per heavy atom. The number of carbonyl (C=O) groups excluding carboxylic acids is 1. The van der Waals surface area contributed by atoms with Crippen molar-refractivity contribution in [2.45, 2.75) is 19.5 Å². The molecular weight excluding hydrogens is 245 g/mol. The summed E-state index contributed by atoms with van der Waals surface area (Å²) in [5.41, 5.74) is 4.28. The van der Waals surface area contributed by atoms with Gasteiger partial charge in [0.15, 0.2) is 0 Å². The second-order valence-corrected chi connectivity index (χ2v) is 4.14. The van der Waals surface area contributed by atoms with Crippen molar-refractivity contribution in [3.05, 3.63) is 29.8 Å². The van der Waals surface area contributed by atoms with Crippen molar-refractivity contribution in [1.82, 2.24) is 0 Å². The molecule has 1 aromatic rings. The average molecular weight is 260 g/mol. The van der Waals surface area contributed by atoms with Crippen molar-refractivity contribution in [3.8, 4) is 0 Å². The Hall–Kier alpha value is -1.56. The minimum Gasteiger partial charge on any atom is -0.330 e. The van der Waals surface area contributed by atoms with E-state index in [0.29, 0.717) is 6.54 Å². The molecule has 0 saturated heterocycles. The number of carbonyl (C=O) groups is 1. The number of benzene rings is 1. The molecule has 0 aliphatic carbocycles. The fourth-order valence-electron chi connectivity index (χ4n) is 1.44. The lowest BCUT2D eigenvalue weighted by molar-refractivity contribution is -0.137. The number of nitrogens with two attached hydrogens (primary N) is 1. The lowest BCUT2D eigenvalue weighted by Gasteiger charge is -2.14. The summed E-state index contributed by atoms with van der Waals surface area (Å²) in [7, 11) is 0. The lowest BCUT2D eigenvalue weighted by Crippen LogP contribution is -2.21. The number of para-hydroxylation sites is 1. The number of hydrogen-bond acceptors (Lipinski definition) is 2. The van der Waals surface area contributed by atoms with Crippen LogP contribution in [0.15, 0.2) is 24.3 Å². The number of nitrogens with one attached hydrogen (secondary N) is 1. The number of hydrogen-bond donors (Lipinski definition) is 2. The molecule has 1 atom stereocenters. The predicted molar refractivity (Wildman–Crippen MR) is 62.9 cm³/mol. The molecule has 1 rings (SSSR count). The third-order valence-electron chi connectivity index (χ3n) is 2.44. The van der Waals surface area contributed by atoms with Crippen LogP contribution in [0.4, 0.5) is 18.9 Å². The Morgan fingerprint density at radius 3 is 2.56 bits per heavy atom. The van der Waals surface area contributed by atoms with Gasteiger partial charge >= 0.3 is 6.18 Å². The Kier molecular flexibility index (Phi) is 4.72. The van der Waals surface area contributed by atoms with E-state index in [2.05, 4.69) is 5.32 Å². The van der Waals surface area contributed by atoms with Crippen molar-refractivity contribution < 1.29 is 18.0 Å². The van der Waals surface area contributed by atoms with Crippen molar-refractivity contribution in [2.75, 3.05) is 11.9 Å². The van der Waals surface area contributed by atoms with E-state index in [1.165, 1.54) is 18.2 Å². The molecule has 1 unspecified atom stereocenters. The molecule has 0 aromatic heterocycles. The highest BCUT2D eigenvalue weighted by Crippen LogP contribution is 2.34. The van der Waals surface area contributed by atoms with Crippen LogP contribution in [-0.4, -0.2) is 12.5 Å². The van der Waals surface area contributed by atoms with Gasteiger partial charge in [0.05, 0.1) is 11.3 Å². The molecule has 18 heavy (non-hydrogen) atoms. The van der Waals surface area contributed by atoms with Crippen molar-refractivity contribution >= 4 is 11.6 Å². The number of alkyl halides is 3. The fourth-order valence-corrected chi connectivity index (χ4v) is 1.44. The van der Waals surface area contributed by atoms with Crippen LogP contribution in [0.5, 0.6) is 0 Å². The second-order valence-electron chi connectivity index (χ2n) is 4.14. The molecule has 0 bridgehead atoms. The van der Waals surface area contributed by atoms with Crippen LogP contribution in [0.1, 0.15) is 18.9 Å². The molecular formula is C12H15F3N2O. The average Bonchev–Trinajstić information content (AvgIpc) is 2.27. The molecule has 0 spiro atoms. The van der Waals surface area contributed by atoms with Crippen LogP contribution < -0.4 is 11.1 Å². The van der Waals surface area contributed by atoms with Gasteiger partial charge in [0.2, 0.25) is 5.91 Å². The summed E-state index contributed by atoms with van der Waals surface area (Å²) in [6.07, 6.45) is -4.38. The summed E-state index contributed by atoms with van der Waals surface area (Å²) >= 11 is 0. The Labute approximate surface area is 103 Å². The van der Waals surface area contributed by atoms with Crippen LogP contribution in [0.3, 0.4) is 0 Å². The highest BCUT2D eigenvalue weighted by Gasteiger charge is 2.33. The van der Waals surface area contributed by atoms with Crippen LogP contribution in [0, 0.1) is 5.92 Å². The highest BCUT2D eigenvalue weighted by molar-refractivity contribution is 5.91. The monoisotopic (exact) mass is 260 g/mol. The summed E-state index contributed by atoms with van der Waals surface area (Å²) in [6, 6.07) is 4.88. The number of anilines is 1. The minimum absolute atomic E-state index is 0.0666. The number of amides is 1. The maximum absolute atomic E-state index is 12.7. The van der Waals surface area contributed by atoms with E-state index in [-0.39, 0.29) is 18.0 Å². The first kappa shape index (κ1) is 14.5. The normalized spacial score (nSPS) is 13.2.